The molecule has 0 aromatic rings. The van der Waals surface area contributed by atoms with E-state index in [9.17, 15) is 0 Å². The minimum absolute atomic E-state index is 0. The first-order valence-electron chi connectivity index (χ1n) is 0. The van der Waals surface area contributed by atoms with Crippen LogP contribution in [0.1, 0.15) is 0 Å². The van der Waals surface area contributed by atoms with Crippen molar-refractivity contribution in [3.63, 3.8) is 0 Å². The first-order chi connectivity index (χ1) is 0. The topological polar surface area (TPSA) is 0 Å². The van der Waals surface area contributed by atoms with Crippen LogP contribution in [0.2, 0.25) is 0 Å². The van der Waals surface area contributed by atoms with Gasteiger partial charge in [-0.25, -0.2) is 0 Å². The summed E-state index contributed by atoms with van der Waals surface area (Å²) in [4.78, 5) is 0. The zero-order valence-corrected chi connectivity index (χ0v) is 5.53. The minimum Gasteiger partial charge on any atom is 0 e. The fourth-order valence-electron chi connectivity index (χ4n) is 0. The van der Waals surface area contributed by atoms with Crippen LogP contribution in [0.4, 0.5) is 0 Å². The van der Waals surface area contributed by atoms with Crippen molar-refractivity contribution in [1.29, 1.82) is 0 Å². The smallest absolute Gasteiger partial charge is 0 e. The van der Waals surface area contributed by atoms with E-state index in [-0.39, 0.29) is 73.0 Å². The van der Waals surface area contributed by atoms with E-state index in [1.807, 2.05) is 0 Å². The molecule has 0 aliphatic carbocycles. The molecule has 0 unspecified atom stereocenters. The molecule has 0 saturated carbocycles. The Kier molecular flexibility index (Phi) is 156. The maximum absolute atomic E-state index is 0. The van der Waals surface area contributed by atoms with E-state index in [1.165, 1.54) is 0 Å². The molecule has 0 aromatic carbocycles. The SMILES string of the molecule is [AlH3].[V].[V].[V]. The molecule has 0 bridgehead atoms. The molecular formula is H3AlV3. The first-order valence-corrected chi connectivity index (χ1v) is 0. The summed E-state index contributed by atoms with van der Waals surface area (Å²) in [7, 11) is 0. The molecule has 21 valence electrons. The third-order valence-corrected chi connectivity index (χ3v) is 0. The molecule has 0 fully saturated rings. The van der Waals surface area contributed by atoms with Gasteiger partial charge in [0.15, 0.2) is 17.4 Å². The zero-order valence-electron chi connectivity index (χ0n) is 1.34. The summed E-state index contributed by atoms with van der Waals surface area (Å²) in [5.74, 6) is 0. The van der Waals surface area contributed by atoms with Crippen LogP contribution in [-0.2, 0) is 55.7 Å². The van der Waals surface area contributed by atoms with Crippen LogP contribution >= 0.6 is 0 Å². The quantitative estimate of drug-likeness (QED) is 0.414. The van der Waals surface area contributed by atoms with Gasteiger partial charge in [-0.3, -0.25) is 0 Å². The van der Waals surface area contributed by atoms with Crippen LogP contribution in [0.15, 0.2) is 0 Å². The predicted octanol–water partition coefficient (Wildman–Crippen LogP) is -1.19. The summed E-state index contributed by atoms with van der Waals surface area (Å²) in [5.41, 5.74) is 0. The second kappa shape index (κ2) is 18.6. The summed E-state index contributed by atoms with van der Waals surface area (Å²) in [6.07, 6.45) is 0. The van der Waals surface area contributed by atoms with Gasteiger partial charge in [0.1, 0.15) is 0 Å². The first kappa shape index (κ1) is 33.6. The summed E-state index contributed by atoms with van der Waals surface area (Å²) in [6, 6.07) is 0. The summed E-state index contributed by atoms with van der Waals surface area (Å²) < 4.78 is 0. The van der Waals surface area contributed by atoms with Crippen LogP contribution in [-0.4, -0.2) is 17.4 Å². The summed E-state index contributed by atoms with van der Waals surface area (Å²) in [6.45, 7) is 0. The fraction of sp³-hybridized carbons (Fsp3) is 0. The largest absolute Gasteiger partial charge is 0.187 e. The maximum atomic E-state index is 0. The molecule has 0 heterocycles. The zero-order chi connectivity index (χ0) is 0. The van der Waals surface area contributed by atoms with Crippen molar-refractivity contribution in [2.45, 2.75) is 0 Å². The van der Waals surface area contributed by atoms with Gasteiger partial charge < -0.3 is 0 Å². The van der Waals surface area contributed by atoms with E-state index in [2.05, 4.69) is 0 Å². The molecule has 0 saturated heterocycles. The van der Waals surface area contributed by atoms with E-state index in [4.69, 9.17) is 0 Å². The van der Waals surface area contributed by atoms with Gasteiger partial charge in [0.05, 0.1) is 0 Å². The molecule has 0 amide bonds. The standard InChI is InChI=1S/Al.3V.3H. The van der Waals surface area contributed by atoms with Gasteiger partial charge in [0, 0.05) is 55.7 Å². The average molecular weight is 183 g/mol. The Morgan fingerprint density at radius 1 is 0.500 bits per heavy atom. The molecular weight excluding hydrogens is 180 g/mol. The van der Waals surface area contributed by atoms with Gasteiger partial charge in [-0.15, -0.1) is 0 Å². The van der Waals surface area contributed by atoms with Crippen molar-refractivity contribution in [3.8, 4) is 0 Å². The van der Waals surface area contributed by atoms with Crippen molar-refractivity contribution in [1.82, 2.24) is 0 Å². The van der Waals surface area contributed by atoms with Crippen LogP contribution in [0.3, 0.4) is 0 Å². The third-order valence-electron chi connectivity index (χ3n) is 0. The Bertz CT molecular complexity index is 3.25. The van der Waals surface area contributed by atoms with E-state index >= 15 is 0 Å². The number of hydrogen-bond donors (Lipinski definition) is 0. The normalized spacial score (nSPS) is 0. The molecule has 4 heavy (non-hydrogen) atoms. The Labute approximate surface area is 72.3 Å². The molecule has 0 spiro atoms. The molecule has 0 aliphatic heterocycles. The van der Waals surface area contributed by atoms with Crippen LogP contribution in [0.5, 0.6) is 0 Å². The average Bonchev–Trinajstić information content (AvgIpc) is 0. The van der Waals surface area contributed by atoms with Gasteiger partial charge in [0.25, 0.3) is 0 Å². The molecule has 3 radical (unpaired) electrons. The van der Waals surface area contributed by atoms with Crippen molar-refractivity contribution in [2.24, 2.45) is 0 Å². The van der Waals surface area contributed by atoms with Crippen molar-refractivity contribution >= 4 is 17.4 Å². The Hall–Kier alpha value is 2.29. The van der Waals surface area contributed by atoms with E-state index < -0.39 is 0 Å². The van der Waals surface area contributed by atoms with Gasteiger partial charge >= 0.3 is 0 Å². The van der Waals surface area contributed by atoms with E-state index in [0.29, 0.717) is 0 Å². The van der Waals surface area contributed by atoms with Crippen LogP contribution < -0.4 is 0 Å². The van der Waals surface area contributed by atoms with Gasteiger partial charge in [0.2, 0.25) is 0 Å². The predicted molar refractivity (Wildman–Crippen MR) is 9.94 cm³/mol. The Morgan fingerprint density at radius 3 is 0.500 bits per heavy atom. The Balaban J connectivity index is 0. The minimum atomic E-state index is 0. The van der Waals surface area contributed by atoms with Crippen LogP contribution in [0.25, 0.3) is 0 Å². The maximum Gasteiger partial charge on any atom is 0.187 e. The molecule has 0 atom stereocenters. The number of rotatable bonds is 0. The fourth-order valence-corrected chi connectivity index (χ4v) is 0. The van der Waals surface area contributed by atoms with Gasteiger partial charge in [-0.1, -0.05) is 0 Å². The Morgan fingerprint density at radius 2 is 0.500 bits per heavy atom. The third kappa shape index (κ3) is 8.86. The van der Waals surface area contributed by atoms with Crippen molar-refractivity contribution < 1.29 is 55.7 Å². The second-order valence-electron chi connectivity index (χ2n) is 0. The molecule has 0 rings (SSSR count). The monoisotopic (exact) mass is 183 g/mol. The number of hydrogen-bond acceptors (Lipinski definition) is 0. The molecule has 0 N–H and O–H groups in total. The van der Waals surface area contributed by atoms with Gasteiger partial charge in [-0.2, -0.15) is 0 Å². The molecule has 0 aromatic heterocycles. The molecule has 0 aliphatic rings. The van der Waals surface area contributed by atoms with Crippen molar-refractivity contribution in [2.75, 3.05) is 0 Å². The summed E-state index contributed by atoms with van der Waals surface area (Å²) >= 11 is 0. The molecule has 4 heteroatoms. The molecule has 0 nitrogen and oxygen atoms in total. The van der Waals surface area contributed by atoms with Crippen LogP contribution in [0, 0.1) is 0 Å². The summed E-state index contributed by atoms with van der Waals surface area (Å²) in [5, 5.41) is 0. The second-order valence-corrected chi connectivity index (χ2v) is 0. The van der Waals surface area contributed by atoms with Gasteiger partial charge in [-0.05, 0) is 0 Å². The van der Waals surface area contributed by atoms with Crippen molar-refractivity contribution in [3.05, 3.63) is 0 Å². The van der Waals surface area contributed by atoms with E-state index in [1.54, 1.807) is 0 Å². The van der Waals surface area contributed by atoms with E-state index in [0.717, 1.165) is 0 Å².